The number of rotatable bonds is 4. The second-order valence-corrected chi connectivity index (χ2v) is 4.96. The zero-order valence-corrected chi connectivity index (χ0v) is 11.3. The van der Waals surface area contributed by atoms with E-state index in [2.05, 4.69) is 0 Å². The number of benzene rings is 1. The summed E-state index contributed by atoms with van der Waals surface area (Å²) < 4.78 is 49.2. The highest BCUT2D eigenvalue weighted by atomic mass is 19.4. The Hall–Kier alpha value is -1.11. The molecule has 2 rings (SSSR count). The number of likely N-dealkylation sites (N-methyl/N-ethyl adjacent to an activating group) is 1. The first-order chi connectivity index (χ1) is 9.47. The maximum absolute atomic E-state index is 12.9. The van der Waals surface area contributed by atoms with E-state index in [1.165, 1.54) is 12.1 Å². The highest BCUT2D eigenvalue weighted by Gasteiger charge is 2.33. The molecule has 0 amide bonds. The standard InChI is InChI=1S/C14H18F3NO2/c1-18(9-12-6-7-19-10-20-12)8-11-4-2-3-5-13(11)14(15,16)17/h2-5,12H,6-10H2,1H3/t12-/m1/s1. The van der Waals surface area contributed by atoms with E-state index >= 15 is 0 Å². The molecule has 1 fully saturated rings. The van der Waals surface area contributed by atoms with Gasteiger partial charge in [-0.05, 0) is 25.1 Å². The maximum Gasteiger partial charge on any atom is 0.416 e. The fraction of sp³-hybridized carbons (Fsp3) is 0.571. The lowest BCUT2D eigenvalue weighted by Gasteiger charge is -2.28. The Bertz CT molecular complexity index is 431. The summed E-state index contributed by atoms with van der Waals surface area (Å²) in [6, 6.07) is 5.68. The fourth-order valence-corrected chi connectivity index (χ4v) is 2.28. The first-order valence-electron chi connectivity index (χ1n) is 6.50. The van der Waals surface area contributed by atoms with Crippen LogP contribution in [-0.4, -0.2) is 38.0 Å². The molecule has 6 heteroatoms. The van der Waals surface area contributed by atoms with Gasteiger partial charge in [-0.15, -0.1) is 0 Å². The van der Waals surface area contributed by atoms with E-state index in [0.717, 1.165) is 12.5 Å². The van der Waals surface area contributed by atoms with Gasteiger partial charge in [0.15, 0.2) is 0 Å². The van der Waals surface area contributed by atoms with Gasteiger partial charge in [0.05, 0.1) is 18.3 Å². The number of nitrogens with zero attached hydrogens (tertiary/aromatic N) is 1. The minimum absolute atomic E-state index is 0.0202. The van der Waals surface area contributed by atoms with Crippen LogP contribution in [0.25, 0.3) is 0 Å². The van der Waals surface area contributed by atoms with Crippen LogP contribution in [0.2, 0.25) is 0 Å². The molecule has 1 atom stereocenters. The molecule has 0 spiro atoms. The summed E-state index contributed by atoms with van der Waals surface area (Å²) in [5.41, 5.74) is -0.283. The predicted octanol–water partition coefficient (Wildman–Crippen LogP) is 2.90. The van der Waals surface area contributed by atoms with Gasteiger partial charge in [-0.3, -0.25) is 4.90 Å². The molecule has 112 valence electrons. The monoisotopic (exact) mass is 289 g/mol. The van der Waals surface area contributed by atoms with E-state index in [9.17, 15) is 13.2 Å². The van der Waals surface area contributed by atoms with Crippen LogP contribution < -0.4 is 0 Å². The highest BCUT2D eigenvalue weighted by molar-refractivity contribution is 5.29. The third kappa shape index (κ3) is 4.19. The molecule has 0 bridgehead atoms. The SMILES string of the molecule is CN(Cc1ccccc1C(F)(F)F)C[C@H]1CCOCO1. The van der Waals surface area contributed by atoms with Crippen molar-refractivity contribution in [3.05, 3.63) is 35.4 Å². The first kappa shape index (κ1) is 15.3. The van der Waals surface area contributed by atoms with Crippen LogP contribution in [0.1, 0.15) is 17.5 Å². The minimum atomic E-state index is -4.31. The van der Waals surface area contributed by atoms with Gasteiger partial charge in [0.2, 0.25) is 0 Å². The molecule has 0 aromatic heterocycles. The highest BCUT2D eigenvalue weighted by Crippen LogP contribution is 2.32. The quantitative estimate of drug-likeness (QED) is 0.850. The van der Waals surface area contributed by atoms with Crippen molar-refractivity contribution in [3.63, 3.8) is 0 Å². The van der Waals surface area contributed by atoms with Crippen LogP contribution in [0, 0.1) is 0 Å². The van der Waals surface area contributed by atoms with E-state index in [-0.39, 0.29) is 25.0 Å². The van der Waals surface area contributed by atoms with Gasteiger partial charge in [-0.25, -0.2) is 0 Å². The van der Waals surface area contributed by atoms with Crippen LogP contribution >= 0.6 is 0 Å². The molecular formula is C14H18F3NO2. The summed E-state index contributed by atoms with van der Waals surface area (Å²) in [6.45, 7) is 1.74. The van der Waals surface area contributed by atoms with Crippen LogP contribution in [0.3, 0.4) is 0 Å². The Morgan fingerprint density at radius 2 is 2.05 bits per heavy atom. The first-order valence-corrected chi connectivity index (χ1v) is 6.50. The van der Waals surface area contributed by atoms with Crippen LogP contribution in [0.4, 0.5) is 13.2 Å². The van der Waals surface area contributed by atoms with E-state index in [1.807, 2.05) is 4.90 Å². The third-order valence-corrected chi connectivity index (χ3v) is 3.25. The number of ether oxygens (including phenoxy) is 2. The molecule has 1 aromatic rings. The number of hydrogen-bond acceptors (Lipinski definition) is 3. The summed E-state index contributed by atoms with van der Waals surface area (Å²) in [4.78, 5) is 1.85. The molecule has 1 aromatic carbocycles. The Balaban J connectivity index is 1.98. The lowest BCUT2D eigenvalue weighted by Crippen LogP contribution is -2.35. The van der Waals surface area contributed by atoms with Crippen molar-refractivity contribution in [1.82, 2.24) is 4.90 Å². The predicted molar refractivity (Wildman–Crippen MR) is 68.1 cm³/mol. The van der Waals surface area contributed by atoms with Crippen molar-refractivity contribution >= 4 is 0 Å². The molecule has 0 N–H and O–H groups in total. The molecule has 1 aliphatic heterocycles. The zero-order chi connectivity index (χ0) is 14.6. The summed E-state index contributed by atoms with van der Waals surface area (Å²) >= 11 is 0. The maximum atomic E-state index is 12.9. The molecule has 1 saturated heterocycles. The van der Waals surface area contributed by atoms with Crippen molar-refractivity contribution in [2.24, 2.45) is 0 Å². The Morgan fingerprint density at radius 1 is 1.30 bits per heavy atom. The number of hydrogen-bond donors (Lipinski definition) is 0. The molecule has 3 nitrogen and oxygen atoms in total. The van der Waals surface area contributed by atoms with E-state index in [4.69, 9.17) is 9.47 Å². The third-order valence-electron chi connectivity index (χ3n) is 3.25. The Kier molecular flexibility index (Phi) is 5.01. The number of alkyl halides is 3. The normalized spacial score (nSPS) is 20.4. The zero-order valence-electron chi connectivity index (χ0n) is 11.3. The van der Waals surface area contributed by atoms with Crippen molar-refractivity contribution < 1.29 is 22.6 Å². The second-order valence-electron chi connectivity index (χ2n) is 4.96. The van der Waals surface area contributed by atoms with Gasteiger partial charge in [0.25, 0.3) is 0 Å². The van der Waals surface area contributed by atoms with Crippen LogP contribution in [0.15, 0.2) is 24.3 Å². The average Bonchev–Trinajstić information content (AvgIpc) is 2.39. The molecule has 1 heterocycles. The minimum Gasteiger partial charge on any atom is -0.355 e. The molecule has 1 aliphatic rings. The van der Waals surface area contributed by atoms with Crippen molar-refractivity contribution in [2.75, 3.05) is 27.0 Å². The van der Waals surface area contributed by atoms with Gasteiger partial charge in [0, 0.05) is 13.1 Å². The average molecular weight is 289 g/mol. The lowest BCUT2D eigenvalue weighted by molar-refractivity contribution is -0.144. The van der Waals surface area contributed by atoms with Gasteiger partial charge in [-0.1, -0.05) is 18.2 Å². The molecule has 0 aliphatic carbocycles. The summed E-state index contributed by atoms with van der Waals surface area (Å²) in [5.74, 6) is 0. The molecule has 0 radical (unpaired) electrons. The van der Waals surface area contributed by atoms with Gasteiger partial charge in [0.1, 0.15) is 6.79 Å². The van der Waals surface area contributed by atoms with Gasteiger partial charge < -0.3 is 9.47 Å². The Morgan fingerprint density at radius 3 is 2.70 bits per heavy atom. The summed E-state index contributed by atoms with van der Waals surface area (Å²) in [5, 5.41) is 0. The Labute approximate surface area is 116 Å². The van der Waals surface area contributed by atoms with Crippen molar-refractivity contribution in [3.8, 4) is 0 Å². The molecule has 20 heavy (non-hydrogen) atoms. The molecular weight excluding hydrogens is 271 g/mol. The van der Waals surface area contributed by atoms with Crippen molar-refractivity contribution in [2.45, 2.75) is 25.2 Å². The van der Waals surface area contributed by atoms with E-state index in [1.54, 1.807) is 13.1 Å². The van der Waals surface area contributed by atoms with Crippen LogP contribution in [-0.2, 0) is 22.2 Å². The largest absolute Gasteiger partial charge is 0.416 e. The summed E-state index contributed by atoms with van der Waals surface area (Å²) in [7, 11) is 1.80. The summed E-state index contributed by atoms with van der Waals surface area (Å²) in [6.07, 6.45) is -3.52. The van der Waals surface area contributed by atoms with Gasteiger partial charge in [-0.2, -0.15) is 13.2 Å². The van der Waals surface area contributed by atoms with Gasteiger partial charge >= 0.3 is 6.18 Å². The van der Waals surface area contributed by atoms with Crippen molar-refractivity contribution in [1.29, 1.82) is 0 Å². The topological polar surface area (TPSA) is 21.7 Å². The second kappa shape index (κ2) is 6.56. The number of halogens is 3. The van der Waals surface area contributed by atoms with Crippen LogP contribution in [0.5, 0.6) is 0 Å². The molecule has 0 saturated carbocycles. The van der Waals surface area contributed by atoms with E-state index in [0.29, 0.717) is 13.2 Å². The lowest BCUT2D eigenvalue weighted by atomic mass is 10.1. The fourth-order valence-electron chi connectivity index (χ4n) is 2.28. The smallest absolute Gasteiger partial charge is 0.355 e. The van der Waals surface area contributed by atoms with E-state index < -0.39 is 11.7 Å². The molecule has 0 unspecified atom stereocenters.